The van der Waals surface area contributed by atoms with E-state index in [4.69, 9.17) is 21.3 Å². The number of fused-ring (bicyclic) bond motifs is 1. The predicted molar refractivity (Wildman–Crippen MR) is 146 cm³/mol. The van der Waals surface area contributed by atoms with E-state index < -0.39 is 0 Å². The van der Waals surface area contributed by atoms with Gasteiger partial charge >= 0.3 is 0 Å². The Bertz CT molecular complexity index is 1450. The number of methoxy groups -OCH3 is 1. The molecule has 196 valence electrons. The number of carbonyl (C=O) groups is 1. The molecule has 0 bridgehead atoms. The minimum absolute atomic E-state index is 0.000767. The van der Waals surface area contributed by atoms with Gasteiger partial charge in [0.1, 0.15) is 5.75 Å². The summed E-state index contributed by atoms with van der Waals surface area (Å²) in [6.45, 7) is 4.40. The van der Waals surface area contributed by atoms with Crippen LogP contribution in [0.5, 0.6) is 5.75 Å². The molecule has 2 atom stereocenters. The maximum Gasteiger partial charge on any atom is 0.253 e. The molecule has 3 N–H and O–H groups in total. The molecule has 2 aliphatic rings. The van der Waals surface area contributed by atoms with Crippen molar-refractivity contribution >= 4 is 29.1 Å². The van der Waals surface area contributed by atoms with Crippen LogP contribution in [-0.2, 0) is 11.8 Å². The first-order valence-electron chi connectivity index (χ1n) is 12.7. The van der Waals surface area contributed by atoms with Crippen LogP contribution in [0.15, 0.2) is 36.5 Å². The Kier molecular flexibility index (Phi) is 6.99. The number of ether oxygens (including phenoxy) is 1. The van der Waals surface area contributed by atoms with Crippen LogP contribution in [0.1, 0.15) is 66.6 Å². The number of nitrogens with one attached hydrogen (secondary N) is 2. The zero-order valence-corrected chi connectivity index (χ0v) is 22.4. The number of anilines is 2. The van der Waals surface area contributed by atoms with Crippen molar-refractivity contribution in [1.82, 2.24) is 15.3 Å². The molecule has 1 saturated carbocycles. The lowest BCUT2D eigenvalue weighted by Gasteiger charge is -2.20. The third kappa shape index (κ3) is 5.04. The Labute approximate surface area is 227 Å². The third-order valence-corrected chi connectivity index (χ3v) is 7.88. The molecule has 1 heterocycles. The van der Waals surface area contributed by atoms with Crippen molar-refractivity contribution in [3.05, 3.63) is 63.8 Å². The lowest BCUT2D eigenvalue weighted by molar-refractivity contribution is 0.0934. The molecule has 2 unspecified atom stereocenters. The van der Waals surface area contributed by atoms with Crippen LogP contribution in [0.4, 0.5) is 11.6 Å². The molecule has 2 aliphatic carbocycles. The third-order valence-electron chi connectivity index (χ3n) is 7.57. The maximum atomic E-state index is 12.8. The number of hydrogen-bond acceptors (Lipinski definition) is 7. The van der Waals surface area contributed by atoms with Gasteiger partial charge in [0.2, 0.25) is 5.95 Å². The molecule has 1 amide bonds. The Morgan fingerprint density at radius 1 is 1.26 bits per heavy atom. The van der Waals surface area contributed by atoms with Crippen LogP contribution in [0.2, 0.25) is 5.02 Å². The second-order valence-electron chi connectivity index (χ2n) is 10.6. The van der Waals surface area contributed by atoms with Gasteiger partial charge in [-0.3, -0.25) is 4.79 Å². The average Bonchev–Trinajstić information content (AvgIpc) is 3.45. The summed E-state index contributed by atoms with van der Waals surface area (Å²) in [6.07, 6.45) is 5.11. The Hall–Kier alpha value is -3.67. The van der Waals surface area contributed by atoms with Crippen molar-refractivity contribution in [3.63, 3.8) is 0 Å². The molecule has 3 aromatic rings. The highest BCUT2D eigenvalue weighted by Gasteiger charge is 2.32. The van der Waals surface area contributed by atoms with Crippen molar-refractivity contribution in [2.45, 2.75) is 63.5 Å². The molecular weight excluding hydrogens is 502 g/mol. The lowest BCUT2D eigenvalue weighted by atomic mass is 9.84. The first-order valence-corrected chi connectivity index (χ1v) is 13.1. The van der Waals surface area contributed by atoms with E-state index in [1.165, 1.54) is 12.7 Å². The van der Waals surface area contributed by atoms with Crippen molar-refractivity contribution in [3.8, 4) is 23.1 Å². The van der Waals surface area contributed by atoms with Crippen molar-refractivity contribution in [2.75, 3.05) is 12.4 Å². The fraction of sp³-hybridized carbons (Fsp3) is 0.379. The quantitative estimate of drug-likeness (QED) is 0.395. The van der Waals surface area contributed by atoms with Gasteiger partial charge in [-0.1, -0.05) is 25.4 Å². The molecule has 38 heavy (non-hydrogen) atoms. The molecule has 0 radical (unpaired) electrons. The van der Waals surface area contributed by atoms with Crippen LogP contribution in [0.3, 0.4) is 0 Å². The second-order valence-corrected chi connectivity index (χ2v) is 11.0. The smallest absolute Gasteiger partial charge is 0.253 e. The minimum Gasteiger partial charge on any atom is -0.495 e. The first-order chi connectivity index (χ1) is 18.2. The Morgan fingerprint density at radius 3 is 2.79 bits per heavy atom. The van der Waals surface area contributed by atoms with E-state index in [1.807, 2.05) is 12.1 Å². The summed E-state index contributed by atoms with van der Waals surface area (Å²) in [5.74, 6) is 0.420. The van der Waals surface area contributed by atoms with Gasteiger partial charge in [0.25, 0.3) is 5.91 Å². The Morgan fingerprint density at radius 2 is 2.08 bits per heavy atom. The number of rotatable bonds is 6. The molecule has 1 aromatic heterocycles. The first kappa shape index (κ1) is 26.0. The number of amides is 1. The number of carbonyl (C=O) groups excluding carboxylic acids is 1. The highest BCUT2D eigenvalue weighted by Crippen LogP contribution is 2.42. The van der Waals surface area contributed by atoms with Gasteiger partial charge in [-0.25, -0.2) is 9.97 Å². The van der Waals surface area contributed by atoms with Crippen LogP contribution in [0, 0.1) is 11.3 Å². The molecule has 5 rings (SSSR count). The fourth-order valence-electron chi connectivity index (χ4n) is 5.41. The van der Waals surface area contributed by atoms with Gasteiger partial charge in [0.15, 0.2) is 0 Å². The summed E-state index contributed by atoms with van der Waals surface area (Å²) in [4.78, 5) is 21.9. The van der Waals surface area contributed by atoms with Gasteiger partial charge in [0, 0.05) is 17.8 Å². The summed E-state index contributed by atoms with van der Waals surface area (Å²) in [5.41, 5.74) is 5.34. The number of aromatic nitrogens is 2. The number of halogens is 1. The van der Waals surface area contributed by atoms with Gasteiger partial charge < -0.3 is 20.5 Å². The molecule has 0 saturated heterocycles. The maximum absolute atomic E-state index is 12.8. The standard InChI is InChI=1S/C29H30ClN5O3/c1-29(2)8-6-20-17(15-31)10-16(11-22(20)29)24-7-9-32-28(34-24)35-25-14-23(30)21(13-26(25)38-3)27(37)33-18-4-5-19(36)12-18/h7,9-11,13-14,18-19,36H,4-6,8,12H2,1-3H3,(H,33,37)(H,32,34,35). The molecule has 1 fully saturated rings. The van der Waals surface area contributed by atoms with E-state index >= 15 is 0 Å². The highest BCUT2D eigenvalue weighted by molar-refractivity contribution is 6.34. The molecule has 0 aliphatic heterocycles. The normalized spacial score (nSPS) is 19.5. The minimum atomic E-state index is -0.387. The number of aliphatic hydroxyl groups is 1. The van der Waals surface area contributed by atoms with E-state index in [0.29, 0.717) is 41.5 Å². The number of nitriles is 1. The van der Waals surface area contributed by atoms with Crippen LogP contribution >= 0.6 is 11.6 Å². The lowest BCUT2D eigenvalue weighted by Crippen LogP contribution is -2.33. The molecule has 8 nitrogen and oxygen atoms in total. The van der Waals surface area contributed by atoms with Gasteiger partial charge in [-0.15, -0.1) is 0 Å². The summed E-state index contributed by atoms with van der Waals surface area (Å²) in [5, 5.41) is 25.9. The highest BCUT2D eigenvalue weighted by atomic mass is 35.5. The Balaban J connectivity index is 1.41. The van der Waals surface area contributed by atoms with E-state index in [0.717, 1.165) is 30.4 Å². The van der Waals surface area contributed by atoms with Crippen LogP contribution in [0.25, 0.3) is 11.3 Å². The number of aliphatic hydroxyl groups excluding tert-OH is 1. The zero-order chi connectivity index (χ0) is 27.0. The second kappa shape index (κ2) is 10.2. The van der Waals surface area contributed by atoms with Crippen LogP contribution in [-0.4, -0.2) is 40.2 Å². The van der Waals surface area contributed by atoms with E-state index in [2.05, 4.69) is 41.6 Å². The number of hydrogen-bond donors (Lipinski definition) is 3. The van der Waals surface area contributed by atoms with E-state index in [1.54, 1.807) is 18.3 Å². The number of benzene rings is 2. The number of nitrogens with zero attached hydrogens (tertiary/aromatic N) is 3. The predicted octanol–water partition coefficient (Wildman–Crippen LogP) is 5.29. The summed E-state index contributed by atoms with van der Waals surface area (Å²) in [7, 11) is 1.51. The monoisotopic (exact) mass is 531 g/mol. The van der Waals surface area contributed by atoms with Gasteiger partial charge in [-0.2, -0.15) is 5.26 Å². The largest absolute Gasteiger partial charge is 0.495 e. The zero-order valence-electron chi connectivity index (χ0n) is 21.6. The van der Waals surface area contributed by atoms with Crippen molar-refractivity contribution in [2.24, 2.45) is 0 Å². The summed E-state index contributed by atoms with van der Waals surface area (Å²) >= 11 is 6.50. The van der Waals surface area contributed by atoms with Crippen molar-refractivity contribution < 1.29 is 14.6 Å². The molecule has 9 heteroatoms. The molecular formula is C29H30ClN5O3. The summed E-state index contributed by atoms with van der Waals surface area (Å²) in [6, 6.07) is 11.3. The SMILES string of the molecule is COc1cc(C(=O)NC2CCC(O)C2)c(Cl)cc1Nc1nccc(-c2cc(C#N)c3c(c2)C(C)(C)CC3)n1. The molecule has 0 spiro atoms. The van der Waals surface area contributed by atoms with Crippen molar-refractivity contribution in [1.29, 1.82) is 5.26 Å². The van der Waals surface area contributed by atoms with Crippen LogP contribution < -0.4 is 15.4 Å². The van der Waals surface area contributed by atoms with E-state index in [-0.39, 0.29) is 34.1 Å². The fourth-order valence-corrected chi connectivity index (χ4v) is 5.66. The molecule has 2 aromatic carbocycles. The topological polar surface area (TPSA) is 120 Å². The van der Waals surface area contributed by atoms with Gasteiger partial charge in [-0.05, 0) is 79.0 Å². The van der Waals surface area contributed by atoms with Gasteiger partial charge in [0.05, 0.1) is 46.8 Å². The average molecular weight is 532 g/mol. The van der Waals surface area contributed by atoms with E-state index in [9.17, 15) is 15.2 Å². The summed E-state index contributed by atoms with van der Waals surface area (Å²) < 4.78 is 5.54.